The van der Waals surface area contributed by atoms with E-state index in [0.29, 0.717) is 0 Å². The Labute approximate surface area is 234 Å². The van der Waals surface area contributed by atoms with Crippen molar-refractivity contribution >= 4 is 32.7 Å². The molecule has 0 aromatic heterocycles. The first-order chi connectivity index (χ1) is 19.9. The van der Waals surface area contributed by atoms with Crippen LogP contribution in [0.5, 0.6) is 0 Å². The van der Waals surface area contributed by atoms with E-state index in [-0.39, 0.29) is 0 Å². The Bertz CT molecular complexity index is 2000. The van der Waals surface area contributed by atoms with Gasteiger partial charge in [0.05, 0.1) is 0 Å². The van der Waals surface area contributed by atoms with Crippen molar-refractivity contribution in [3.63, 3.8) is 0 Å². The molecular weight excluding hydrogens is 480 g/mol. The van der Waals surface area contributed by atoms with Gasteiger partial charge in [-0.1, -0.05) is 11.1 Å². The van der Waals surface area contributed by atoms with E-state index >= 15 is 0 Å². The van der Waals surface area contributed by atoms with E-state index in [1.165, 1.54) is 64.2 Å². The lowest BCUT2D eigenvalue weighted by atomic mass is 9.62. The SMILES string of the molecule is C1CC2C3=C4C1C1CCC5C6=C1C4C1c4c3c3c7c8c9c%10c%11c%12c(c6c1c%11c48)C5CCC%12C%10CCC9C7CCC32. The van der Waals surface area contributed by atoms with Gasteiger partial charge in [-0.15, -0.1) is 0 Å². The monoisotopic (exact) mass is 512 g/mol. The van der Waals surface area contributed by atoms with Crippen molar-refractivity contribution in [1.82, 2.24) is 0 Å². The normalized spacial score (nSPS) is 48.3. The summed E-state index contributed by atoms with van der Waals surface area (Å²) in [6.45, 7) is 0. The van der Waals surface area contributed by atoms with Gasteiger partial charge in [0.25, 0.3) is 0 Å². The van der Waals surface area contributed by atoms with Crippen LogP contribution in [0.25, 0.3) is 32.7 Å². The largest absolute Gasteiger partial charge is 0.0542 e. The van der Waals surface area contributed by atoms with Crippen LogP contribution in [0.1, 0.15) is 161 Å². The van der Waals surface area contributed by atoms with Crippen molar-refractivity contribution in [3.05, 3.63) is 66.8 Å². The highest BCUT2D eigenvalue weighted by atomic mass is 14.7. The average molecular weight is 513 g/mol. The van der Waals surface area contributed by atoms with Gasteiger partial charge in [-0.3, -0.25) is 0 Å². The molecule has 3 aromatic rings. The van der Waals surface area contributed by atoms with Crippen LogP contribution < -0.4 is 0 Å². The fraction of sp³-hybridized carbons (Fsp3) is 0.550. The van der Waals surface area contributed by atoms with E-state index < -0.39 is 0 Å². The van der Waals surface area contributed by atoms with Gasteiger partial charge in [-0.05, 0) is 212 Å². The lowest BCUT2D eigenvalue weighted by Gasteiger charge is -2.41. The number of rotatable bonds is 0. The van der Waals surface area contributed by atoms with Crippen molar-refractivity contribution in [2.45, 2.75) is 106 Å². The Kier molecular flexibility index (Phi) is 2.23. The van der Waals surface area contributed by atoms with Crippen LogP contribution in [0.15, 0.2) is 11.1 Å². The lowest BCUT2D eigenvalue weighted by molar-refractivity contribution is 0.296. The first kappa shape index (κ1) is 18.3. The molecule has 13 aliphatic rings. The zero-order chi connectivity index (χ0) is 24.4. The standard InChI is InChI=1S/C40H32/c1-2-12-14-5-6-16-18-9-10-20-19-8-7-17-15-4-3-13-11(1)21-22(12)32-24(14)26(16)34-29(18)30(20)35-28(19)27(17)33-25(15)23(13)31(21)36-37(32)39(34)40(35)38(33)36/h11-20,31,36H,1-10H2. The minimum atomic E-state index is 0.721. The Balaban J connectivity index is 1.28. The van der Waals surface area contributed by atoms with E-state index in [0.717, 1.165) is 71.0 Å². The van der Waals surface area contributed by atoms with Crippen LogP contribution in [0.3, 0.4) is 0 Å². The van der Waals surface area contributed by atoms with E-state index in [1.807, 2.05) is 88.3 Å². The van der Waals surface area contributed by atoms with Crippen molar-refractivity contribution < 1.29 is 0 Å². The van der Waals surface area contributed by atoms with Crippen LogP contribution in [-0.2, 0) is 0 Å². The highest BCUT2D eigenvalue weighted by molar-refractivity contribution is 6.25. The van der Waals surface area contributed by atoms with Crippen molar-refractivity contribution in [1.29, 1.82) is 0 Å². The van der Waals surface area contributed by atoms with Crippen LogP contribution in [-0.4, -0.2) is 0 Å². The van der Waals surface area contributed by atoms with Crippen molar-refractivity contribution in [2.24, 2.45) is 29.6 Å². The van der Waals surface area contributed by atoms with Gasteiger partial charge in [-0.2, -0.15) is 0 Å². The third-order valence-electron chi connectivity index (χ3n) is 17.2. The number of hydrogen-bond acceptors (Lipinski definition) is 0. The molecule has 10 unspecified atom stereocenters. The zero-order valence-electron chi connectivity index (χ0n) is 23.0. The molecule has 1 saturated carbocycles. The number of fused-ring (bicyclic) bond motifs is 5. The molecular formula is C40H32. The van der Waals surface area contributed by atoms with Crippen LogP contribution >= 0.6 is 0 Å². The lowest BCUT2D eigenvalue weighted by Crippen LogP contribution is -2.27. The van der Waals surface area contributed by atoms with Gasteiger partial charge in [0.1, 0.15) is 0 Å². The zero-order valence-corrected chi connectivity index (χ0v) is 23.0. The van der Waals surface area contributed by atoms with E-state index in [1.54, 1.807) is 0 Å². The maximum atomic E-state index is 2.08. The Morgan fingerprint density at radius 3 is 1.07 bits per heavy atom. The summed E-state index contributed by atoms with van der Waals surface area (Å²) in [4.78, 5) is 0. The summed E-state index contributed by atoms with van der Waals surface area (Å²) in [5.74, 6) is 10.3. The number of allylic oxidation sites excluding steroid dienone is 4. The first-order valence-corrected chi connectivity index (χ1v) is 17.6. The quantitative estimate of drug-likeness (QED) is 0.263. The molecule has 0 heteroatoms. The molecule has 0 saturated heterocycles. The molecule has 0 heterocycles. The van der Waals surface area contributed by atoms with Gasteiger partial charge in [0.2, 0.25) is 0 Å². The van der Waals surface area contributed by atoms with Crippen LogP contribution in [0.4, 0.5) is 0 Å². The molecule has 1 fully saturated rings. The topological polar surface area (TPSA) is 0 Å². The van der Waals surface area contributed by atoms with E-state index in [4.69, 9.17) is 0 Å². The molecule has 3 aromatic carbocycles. The number of benzene rings is 3. The minimum Gasteiger partial charge on any atom is -0.0542 e. The Morgan fingerprint density at radius 2 is 0.625 bits per heavy atom. The predicted octanol–water partition coefficient (Wildman–Crippen LogP) is 9.59. The number of hydrogen-bond donors (Lipinski definition) is 0. The van der Waals surface area contributed by atoms with Gasteiger partial charge >= 0.3 is 0 Å². The smallest absolute Gasteiger partial charge is 0.0218 e. The third-order valence-corrected chi connectivity index (χ3v) is 17.2. The predicted molar refractivity (Wildman–Crippen MR) is 157 cm³/mol. The first-order valence-electron chi connectivity index (χ1n) is 17.6. The summed E-state index contributed by atoms with van der Waals surface area (Å²) in [5, 5.41) is 7.66. The maximum absolute atomic E-state index is 2.08. The summed E-state index contributed by atoms with van der Waals surface area (Å²) in [6, 6.07) is 0. The molecule has 192 valence electrons. The van der Waals surface area contributed by atoms with E-state index in [2.05, 4.69) is 11.1 Å². The highest BCUT2D eigenvalue weighted by Gasteiger charge is 2.67. The van der Waals surface area contributed by atoms with Crippen LogP contribution in [0, 0.1) is 29.6 Å². The molecule has 10 atom stereocenters. The highest BCUT2D eigenvalue weighted by Crippen LogP contribution is 2.82. The van der Waals surface area contributed by atoms with E-state index in [9.17, 15) is 0 Å². The molecule has 16 rings (SSSR count). The average Bonchev–Trinajstić information content (AvgIpc) is 3.79. The second-order valence-electron chi connectivity index (χ2n) is 17.2. The summed E-state index contributed by atoms with van der Waals surface area (Å²) in [6.07, 6.45) is 15.1. The van der Waals surface area contributed by atoms with Crippen LogP contribution in [0.2, 0.25) is 0 Å². The fourth-order valence-corrected chi connectivity index (χ4v) is 17.1. The van der Waals surface area contributed by atoms with Gasteiger partial charge in [0.15, 0.2) is 0 Å². The molecule has 0 nitrogen and oxygen atoms in total. The summed E-state index contributed by atoms with van der Waals surface area (Å²) < 4.78 is 0. The molecule has 0 spiro atoms. The second-order valence-corrected chi connectivity index (χ2v) is 17.2. The molecule has 40 heavy (non-hydrogen) atoms. The molecule has 0 N–H and O–H groups in total. The maximum Gasteiger partial charge on any atom is 0.0218 e. The summed E-state index contributed by atoms with van der Waals surface area (Å²) in [5.41, 5.74) is 28.0. The molecule has 13 aliphatic carbocycles. The van der Waals surface area contributed by atoms with Crippen molar-refractivity contribution in [2.75, 3.05) is 0 Å². The molecule has 0 amide bonds. The summed E-state index contributed by atoms with van der Waals surface area (Å²) >= 11 is 0. The van der Waals surface area contributed by atoms with Gasteiger partial charge in [-0.25, -0.2) is 0 Å². The third kappa shape index (κ3) is 1.28. The minimum absolute atomic E-state index is 0.721. The van der Waals surface area contributed by atoms with Crippen molar-refractivity contribution in [3.8, 4) is 0 Å². The van der Waals surface area contributed by atoms with Gasteiger partial charge in [0, 0.05) is 11.8 Å². The summed E-state index contributed by atoms with van der Waals surface area (Å²) in [7, 11) is 0. The molecule has 0 aliphatic heterocycles. The molecule has 0 radical (unpaired) electrons. The Hall–Kier alpha value is -2.34. The van der Waals surface area contributed by atoms with Gasteiger partial charge < -0.3 is 0 Å². The molecule has 0 bridgehead atoms. The Morgan fingerprint density at radius 1 is 0.275 bits per heavy atom. The fourth-order valence-electron chi connectivity index (χ4n) is 17.1. The second kappa shape index (κ2) is 4.89.